The van der Waals surface area contributed by atoms with Crippen LogP contribution in [-0.2, 0) is 9.53 Å². The summed E-state index contributed by atoms with van der Waals surface area (Å²) >= 11 is 0. The van der Waals surface area contributed by atoms with Gasteiger partial charge in [0.25, 0.3) is 0 Å². The molecule has 0 amide bonds. The predicted molar refractivity (Wildman–Crippen MR) is 58.1 cm³/mol. The van der Waals surface area contributed by atoms with Gasteiger partial charge < -0.3 is 9.14 Å². The number of carbonyl (C=O) groups excluding carboxylic acids is 1. The molecule has 1 aliphatic heterocycles. The third-order valence-electron chi connectivity index (χ3n) is 2.83. The molecule has 1 fully saturated rings. The number of rotatable bonds is 1. The first-order chi connectivity index (χ1) is 7.83. The predicted octanol–water partition coefficient (Wildman–Crippen LogP) is 1.75. The number of ketones is 1. The van der Waals surface area contributed by atoms with Crippen molar-refractivity contribution in [3.63, 3.8) is 0 Å². The van der Waals surface area contributed by atoms with Gasteiger partial charge >= 0.3 is 0 Å². The molecule has 82 valence electrons. The fourth-order valence-electron chi connectivity index (χ4n) is 1.98. The largest absolute Gasteiger partial charge is 0.371 e. The molecule has 0 saturated carbocycles. The monoisotopic (exact) mass is 216 g/mol. The molecule has 16 heavy (non-hydrogen) atoms. The quantitative estimate of drug-likeness (QED) is 0.729. The molecule has 4 heteroatoms. The van der Waals surface area contributed by atoms with Crippen molar-refractivity contribution in [3.8, 4) is 0 Å². The molecule has 2 aromatic rings. The third-order valence-corrected chi connectivity index (χ3v) is 2.83. The van der Waals surface area contributed by atoms with Crippen LogP contribution in [0, 0.1) is 0 Å². The first-order valence-electron chi connectivity index (χ1n) is 5.40. The molecule has 0 N–H and O–H groups in total. The number of carbonyl (C=O) groups is 1. The molecule has 0 aromatic carbocycles. The van der Waals surface area contributed by atoms with Crippen molar-refractivity contribution in [2.75, 3.05) is 6.61 Å². The van der Waals surface area contributed by atoms with Crippen molar-refractivity contribution >= 4 is 11.4 Å². The number of fused-ring (bicyclic) bond motifs is 1. The van der Waals surface area contributed by atoms with Crippen LogP contribution in [0.3, 0.4) is 0 Å². The van der Waals surface area contributed by atoms with Gasteiger partial charge in [0.1, 0.15) is 17.5 Å². The van der Waals surface area contributed by atoms with Gasteiger partial charge in [-0.25, -0.2) is 4.98 Å². The summed E-state index contributed by atoms with van der Waals surface area (Å²) in [6.07, 6.45) is 4.68. The first-order valence-corrected chi connectivity index (χ1v) is 5.40. The summed E-state index contributed by atoms with van der Waals surface area (Å²) < 4.78 is 7.51. The average Bonchev–Trinajstić information content (AvgIpc) is 2.72. The van der Waals surface area contributed by atoms with Crippen LogP contribution in [0.5, 0.6) is 0 Å². The molecule has 3 heterocycles. The van der Waals surface area contributed by atoms with Crippen LogP contribution in [0.2, 0.25) is 0 Å². The van der Waals surface area contributed by atoms with Crippen molar-refractivity contribution in [3.05, 3.63) is 36.3 Å². The molecule has 3 rings (SSSR count). The Morgan fingerprint density at radius 2 is 2.38 bits per heavy atom. The normalized spacial score (nSPS) is 21.5. The Morgan fingerprint density at radius 1 is 1.44 bits per heavy atom. The zero-order valence-corrected chi connectivity index (χ0v) is 8.80. The van der Waals surface area contributed by atoms with E-state index in [4.69, 9.17) is 4.74 Å². The van der Waals surface area contributed by atoms with Crippen molar-refractivity contribution in [1.82, 2.24) is 9.38 Å². The van der Waals surface area contributed by atoms with Gasteiger partial charge in [0.05, 0.1) is 12.3 Å². The molecule has 1 atom stereocenters. The minimum absolute atomic E-state index is 0.166. The number of ether oxygens (including phenoxy) is 1. The smallest absolute Gasteiger partial charge is 0.138 e. The fraction of sp³-hybridized carbons (Fsp3) is 0.333. The Hall–Kier alpha value is -1.68. The highest BCUT2D eigenvalue weighted by Gasteiger charge is 2.23. The number of aromatic nitrogens is 2. The van der Waals surface area contributed by atoms with Crippen LogP contribution in [0.4, 0.5) is 0 Å². The second kappa shape index (κ2) is 3.72. The summed E-state index contributed by atoms with van der Waals surface area (Å²) in [6.45, 7) is 0.511. The molecular weight excluding hydrogens is 204 g/mol. The minimum atomic E-state index is -0.166. The number of imidazole rings is 1. The van der Waals surface area contributed by atoms with Gasteiger partial charge in [-0.05, 0) is 12.1 Å². The van der Waals surface area contributed by atoms with Crippen molar-refractivity contribution < 1.29 is 9.53 Å². The lowest BCUT2D eigenvalue weighted by atomic mass is 10.1. The second-order valence-corrected chi connectivity index (χ2v) is 3.98. The lowest BCUT2D eigenvalue weighted by Crippen LogP contribution is -2.19. The highest BCUT2D eigenvalue weighted by molar-refractivity contribution is 5.79. The average molecular weight is 216 g/mol. The summed E-state index contributed by atoms with van der Waals surface area (Å²) in [5.74, 6) is 0.258. The zero-order valence-electron chi connectivity index (χ0n) is 8.80. The molecule has 2 aromatic heterocycles. The standard InChI is InChI=1S/C12H12N2O2/c15-9-4-6-16-11(7-9)10-8-14-5-2-1-3-12(14)13-10/h1-3,5,8,11H,4,6-7H2. The van der Waals surface area contributed by atoms with Gasteiger partial charge in [0.2, 0.25) is 0 Å². The molecule has 1 aliphatic rings. The van der Waals surface area contributed by atoms with E-state index in [0.717, 1.165) is 11.3 Å². The number of Topliss-reactive ketones (excluding diaryl/α,β-unsaturated/α-hetero) is 1. The minimum Gasteiger partial charge on any atom is -0.371 e. The maximum Gasteiger partial charge on any atom is 0.138 e. The Labute approximate surface area is 92.9 Å². The Balaban J connectivity index is 1.96. The summed E-state index contributed by atoms with van der Waals surface area (Å²) in [4.78, 5) is 15.8. The SMILES string of the molecule is O=C1CCOC(c2cn3ccccc3n2)C1. The van der Waals surface area contributed by atoms with Gasteiger partial charge in [-0.2, -0.15) is 0 Å². The van der Waals surface area contributed by atoms with Crippen LogP contribution in [0.15, 0.2) is 30.6 Å². The maximum absolute atomic E-state index is 11.3. The molecule has 1 unspecified atom stereocenters. The molecular formula is C12H12N2O2. The van der Waals surface area contributed by atoms with Crippen molar-refractivity contribution in [2.45, 2.75) is 18.9 Å². The maximum atomic E-state index is 11.3. The van der Waals surface area contributed by atoms with Gasteiger partial charge in [-0.15, -0.1) is 0 Å². The lowest BCUT2D eigenvalue weighted by molar-refractivity contribution is -0.128. The second-order valence-electron chi connectivity index (χ2n) is 3.98. The Kier molecular flexibility index (Phi) is 2.22. The van der Waals surface area contributed by atoms with E-state index >= 15 is 0 Å². The molecule has 0 spiro atoms. The zero-order chi connectivity index (χ0) is 11.0. The van der Waals surface area contributed by atoms with Crippen molar-refractivity contribution in [2.24, 2.45) is 0 Å². The van der Waals surface area contributed by atoms with E-state index in [-0.39, 0.29) is 11.9 Å². The van der Waals surface area contributed by atoms with Crippen LogP contribution in [0.1, 0.15) is 24.6 Å². The van der Waals surface area contributed by atoms with Gasteiger partial charge in [-0.1, -0.05) is 6.07 Å². The Morgan fingerprint density at radius 3 is 3.19 bits per heavy atom. The van der Waals surface area contributed by atoms with Crippen LogP contribution < -0.4 is 0 Å². The van der Waals surface area contributed by atoms with E-state index in [2.05, 4.69) is 4.98 Å². The van der Waals surface area contributed by atoms with Crippen LogP contribution in [-0.4, -0.2) is 21.8 Å². The highest BCUT2D eigenvalue weighted by atomic mass is 16.5. The summed E-state index contributed by atoms with van der Waals surface area (Å²) in [5.41, 5.74) is 1.73. The van der Waals surface area contributed by atoms with Crippen molar-refractivity contribution in [1.29, 1.82) is 0 Å². The summed E-state index contributed by atoms with van der Waals surface area (Å²) in [5, 5.41) is 0. The molecule has 0 bridgehead atoms. The van der Waals surface area contributed by atoms with E-state index in [1.165, 1.54) is 0 Å². The molecule has 1 saturated heterocycles. The molecule has 4 nitrogen and oxygen atoms in total. The fourth-order valence-corrected chi connectivity index (χ4v) is 1.98. The van der Waals surface area contributed by atoms with E-state index < -0.39 is 0 Å². The molecule has 0 radical (unpaired) electrons. The van der Waals surface area contributed by atoms with Gasteiger partial charge in [0.15, 0.2) is 0 Å². The third kappa shape index (κ3) is 1.61. The number of nitrogens with zero attached hydrogens (tertiary/aromatic N) is 2. The van der Waals surface area contributed by atoms with Crippen LogP contribution >= 0.6 is 0 Å². The topological polar surface area (TPSA) is 43.6 Å². The summed E-state index contributed by atoms with van der Waals surface area (Å²) in [7, 11) is 0. The lowest BCUT2D eigenvalue weighted by Gasteiger charge is -2.19. The van der Waals surface area contributed by atoms with Gasteiger partial charge in [-0.3, -0.25) is 4.79 Å². The van der Waals surface area contributed by atoms with E-state index in [9.17, 15) is 4.79 Å². The van der Waals surface area contributed by atoms with E-state index in [1.807, 2.05) is 35.0 Å². The summed E-state index contributed by atoms with van der Waals surface area (Å²) in [6, 6.07) is 5.83. The van der Waals surface area contributed by atoms with Gasteiger partial charge in [0, 0.05) is 25.2 Å². The highest BCUT2D eigenvalue weighted by Crippen LogP contribution is 2.25. The van der Waals surface area contributed by atoms with E-state index in [0.29, 0.717) is 19.4 Å². The molecule has 0 aliphatic carbocycles. The Bertz CT molecular complexity index is 500. The van der Waals surface area contributed by atoms with E-state index in [1.54, 1.807) is 0 Å². The first kappa shape index (κ1) is 9.54. The van der Waals surface area contributed by atoms with Crippen LogP contribution in [0.25, 0.3) is 5.65 Å². The number of pyridine rings is 1. The number of hydrogen-bond acceptors (Lipinski definition) is 3. The number of hydrogen-bond donors (Lipinski definition) is 0.